The highest BCUT2D eigenvalue weighted by molar-refractivity contribution is 5.73. The van der Waals surface area contributed by atoms with Crippen LogP contribution in [0, 0.1) is 23.7 Å². The lowest BCUT2D eigenvalue weighted by molar-refractivity contribution is -0.161. The van der Waals surface area contributed by atoms with Crippen molar-refractivity contribution in [1.82, 2.24) is 10.6 Å². The van der Waals surface area contributed by atoms with E-state index in [9.17, 15) is 9.59 Å². The first-order valence-electron chi connectivity index (χ1n) is 16.5. The van der Waals surface area contributed by atoms with Gasteiger partial charge in [0.25, 0.3) is 0 Å². The average Bonchev–Trinajstić information content (AvgIpc) is 2.79. The highest BCUT2D eigenvalue weighted by Gasteiger charge is 2.42. The summed E-state index contributed by atoms with van der Waals surface area (Å²) in [7, 11) is 0. The van der Waals surface area contributed by atoms with Gasteiger partial charge in [0.2, 0.25) is 0 Å². The maximum absolute atomic E-state index is 13.0. The van der Waals surface area contributed by atoms with Gasteiger partial charge in [-0.3, -0.25) is 9.59 Å². The number of rotatable bonds is 7. The standard InChI is InChI=1S/C34H60N2O4/c1-31(2)19-27(20-32(3,4)35-31)39-29(37)25-15-11-23(12-16-25)9-10-24-13-17-26(18-14-24)30(38)40-28-21-33(5,6)36-34(7,8)22-28/h23-28,35-36H,9-22H2,1-8H3. The number of carbonyl (C=O) groups excluding carboxylic acids is 2. The number of carbonyl (C=O) groups is 2. The Morgan fingerprint density at radius 1 is 0.525 bits per heavy atom. The van der Waals surface area contributed by atoms with Gasteiger partial charge in [0.15, 0.2) is 0 Å². The van der Waals surface area contributed by atoms with Gasteiger partial charge in [0.1, 0.15) is 12.2 Å². The summed E-state index contributed by atoms with van der Waals surface area (Å²) in [4.78, 5) is 26.0. The Kier molecular flexibility index (Phi) is 9.72. The first-order chi connectivity index (χ1) is 18.5. The molecular formula is C34H60N2O4. The Labute approximate surface area is 244 Å². The SMILES string of the molecule is CC1(C)CC(OC(=O)C2CCC(CCC3CCC(C(=O)OC4CC(C)(C)NC(C)(C)C4)CC3)CC2)CC(C)(C)N1. The zero-order chi connectivity index (χ0) is 29.3. The minimum Gasteiger partial charge on any atom is -0.462 e. The Morgan fingerprint density at radius 2 is 0.800 bits per heavy atom. The van der Waals surface area contributed by atoms with Gasteiger partial charge in [-0.15, -0.1) is 0 Å². The molecular weight excluding hydrogens is 500 g/mol. The molecule has 0 radical (unpaired) electrons. The normalized spacial score (nSPS) is 34.1. The minimum absolute atomic E-state index is 0.00862. The number of ether oxygens (including phenoxy) is 2. The number of hydrogen-bond acceptors (Lipinski definition) is 6. The van der Waals surface area contributed by atoms with Crippen molar-refractivity contribution in [2.24, 2.45) is 23.7 Å². The lowest BCUT2D eigenvalue weighted by atomic mass is 9.75. The number of hydrogen-bond donors (Lipinski definition) is 2. The summed E-state index contributed by atoms with van der Waals surface area (Å²) in [6.07, 6.45) is 14.6. The predicted molar refractivity (Wildman–Crippen MR) is 161 cm³/mol. The van der Waals surface area contributed by atoms with E-state index in [1.807, 2.05) is 0 Å². The number of piperidine rings is 2. The van der Waals surface area contributed by atoms with E-state index in [0.29, 0.717) is 0 Å². The maximum atomic E-state index is 13.0. The zero-order valence-corrected chi connectivity index (χ0v) is 27.0. The molecule has 4 fully saturated rings. The van der Waals surface area contributed by atoms with Crippen LogP contribution in [0.3, 0.4) is 0 Å². The summed E-state index contributed by atoms with van der Waals surface area (Å²) in [5.41, 5.74) is -0.0345. The molecule has 4 rings (SSSR count). The molecule has 2 saturated heterocycles. The van der Waals surface area contributed by atoms with Crippen LogP contribution < -0.4 is 10.6 Å². The van der Waals surface area contributed by atoms with Crippen LogP contribution >= 0.6 is 0 Å². The van der Waals surface area contributed by atoms with E-state index in [4.69, 9.17) is 9.47 Å². The molecule has 4 aliphatic rings. The van der Waals surface area contributed by atoms with Crippen molar-refractivity contribution in [3.63, 3.8) is 0 Å². The average molecular weight is 561 g/mol. The van der Waals surface area contributed by atoms with Crippen LogP contribution in [0.2, 0.25) is 0 Å². The van der Waals surface area contributed by atoms with Gasteiger partial charge >= 0.3 is 11.9 Å². The first-order valence-corrected chi connectivity index (χ1v) is 16.5. The molecule has 2 aliphatic heterocycles. The van der Waals surface area contributed by atoms with E-state index < -0.39 is 0 Å². The molecule has 2 heterocycles. The van der Waals surface area contributed by atoms with E-state index in [-0.39, 0.29) is 58.1 Å². The van der Waals surface area contributed by atoms with Gasteiger partial charge in [-0.2, -0.15) is 0 Å². The largest absolute Gasteiger partial charge is 0.462 e. The monoisotopic (exact) mass is 560 g/mol. The smallest absolute Gasteiger partial charge is 0.309 e. The van der Waals surface area contributed by atoms with Crippen molar-refractivity contribution in [2.45, 2.75) is 180 Å². The summed E-state index contributed by atoms with van der Waals surface area (Å²) < 4.78 is 12.1. The van der Waals surface area contributed by atoms with E-state index in [2.05, 4.69) is 66.0 Å². The quantitative estimate of drug-likeness (QED) is 0.324. The number of nitrogens with one attached hydrogen (secondary N) is 2. The molecule has 0 amide bonds. The first kappa shape index (κ1) is 31.8. The lowest BCUT2D eigenvalue weighted by Crippen LogP contribution is -2.59. The van der Waals surface area contributed by atoms with Gasteiger partial charge in [-0.1, -0.05) is 12.8 Å². The van der Waals surface area contributed by atoms with E-state index >= 15 is 0 Å². The van der Waals surface area contributed by atoms with Crippen LogP contribution in [-0.2, 0) is 19.1 Å². The van der Waals surface area contributed by atoms with Crippen molar-refractivity contribution >= 4 is 11.9 Å². The molecule has 0 aromatic rings. The van der Waals surface area contributed by atoms with Gasteiger partial charge in [0.05, 0.1) is 11.8 Å². The fourth-order valence-corrected chi connectivity index (χ4v) is 8.99. The molecule has 0 aromatic carbocycles. The summed E-state index contributed by atoms with van der Waals surface area (Å²) in [6, 6.07) is 0. The molecule has 0 atom stereocenters. The van der Waals surface area contributed by atoms with Crippen LogP contribution in [0.4, 0.5) is 0 Å². The lowest BCUT2D eigenvalue weighted by Gasteiger charge is -2.46. The summed E-state index contributed by atoms with van der Waals surface area (Å²) in [6.45, 7) is 17.6. The summed E-state index contributed by atoms with van der Waals surface area (Å²) in [5, 5.41) is 7.35. The van der Waals surface area contributed by atoms with Crippen LogP contribution in [-0.4, -0.2) is 46.3 Å². The molecule has 0 aromatic heterocycles. The van der Waals surface area contributed by atoms with Crippen LogP contribution in [0.5, 0.6) is 0 Å². The molecule has 6 heteroatoms. The third-order valence-corrected chi connectivity index (χ3v) is 10.2. The Morgan fingerprint density at radius 3 is 1.07 bits per heavy atom. The topological polar surface area (TPSA) is 76.7 Å². The zero-order valence-electron chi connectivity index (χ0n) is 27.0. The number of esters is 2. The Bertz CT molecular complexity index is 774. The molecule has 40 heavy (non-hydrogen) atoms. The summed E-state index contributed by atoms with van der Waals surface area (Å²) in [5.74, 6) is 1.70. The van der Waals surface area contributed by atoms with Crippen molar-refractivity contribution in [3.8, 4) is 0 Å². The van der Waals surface area contributed by atoms with Crippen molar-refractivity contribution in [2.75, 3.05) is 0 Å². The van der Waals surface area contributed by atoms with Crippen LogP contribution in [0.25, 0.3) is 0 Å². The van der Waals surface area contributed by atoms with Crippen molar-refractivity contribution < 1.29 is 19.1 Å². The fourth-order valence-electron chi connectivity index (χ4n) is 8.99. The molecule has 0 unspecified atom stereocenters. The Balaban J connectivity index is 1.12. The van der Waals surface area contributed by atoms with Gasteiger partial charge in [-0.25, -0.2) is 0 Å². The second-order valence-electron chi connectivity index (χ2n) is 16.7. The summed E-state index contributed by atoms with van der Waals surface area (Å²) >= 11 is 0. The van der Waals surface area contributed by atoms with Gasteiger partial charge in [0, 0.05) is 47.8 Å². The fraction of sp³-hybridized carbons (Fsp3) is 0.941. The van der Waals surface area contributed by atoms with Crippen LogP contribution in [0.15, 0.2) is 0 Å². The van der Waals surface area contributed by atoms with Crippen molar-refractivity contribution in [1.29, 1.82) is 0 Å². The molecule has 230 valence electrons. The van der Waals surface area contributed by atoms with E-state index in [1.165, 1.54) is 12.8 Å². The highest BCUT2D eigenvalue weighted by Crippen LogP contribution is 2.39. The predicted octanol–water partition coefficient (Wildman–Crippen LogP) is 7.08. The molecule has 2 N–H and O–H groups in total. The molecule has 2 aliphatic carbocycles. The third-order valence-electron chi connectivity index (χ3n) is 10.2. The van der Waals surface area contributed by atoms with Gasteiger partial charge in [-0.05, 0) is 119 Å². The second kappa shape index (κ2) is 12.2. The maximum Gasteiger partial charge on any atom is 0.309 e. The third kappa shape index (κ3) is 9.18. The Hall–Kier alpha value is -1.14. The van der Waals surface area contributed by atoms with E-state index in [0.717, 1.165) is 88.9 Å². The van der Waals surface area contributed by atoms with Gasteiger partial charge < -0.3 is 20.1 Å². The molecule has 0 spiro atoms. The minimum atomic E-state index is -0.00862. The molecule has 6 nitrogen and oxygen atoms in total. The molecule has 0 bridgehead atoms. The highest BCUT2D eigenvalue weighted by atomic mass is 16.5. The van der Waals surface area contributed by atoms with Crippen LogP contribution in [0.1, 0.15) is 145 Å². The van der Waals surface area contributed by atoms with Crippen molar-refractivity contribution in [3.05, 3.63) is 0 Å². The molecule has 2 saturated carbocycles. The van der Waals surface area contributed by atoms with E-state index in [1.54, 1.807) is 0 Å². The second-order valence-corrected chi connectivity index (χ2v) is 16.7.